The number of nitrogens with one attached hydrogen (secondary N) is 1. The summed E-state index contributed by atoms with van der Waals surface area (Å²) >= 11 is 0. The maximum atomic E-state index is 12.8. The summed E-state index contributed by atoms with van der Waals surface area (Å²) in [5.74, 6) is -0.429. The van der Waals surface area contributed by atoms with Crippen molar-refractivity contribution in [1.82, 2.24) is 15.1 Å². The molecule has 1 N–H and O–H groups in total. The molecular formula is C17H20F5N3O3S. The van der Waals surface area contributed by atoms with Gasteiger partial charge in [-0.25, -0.2) is 4.79 Å². The van der Waals surface area contributed by atoms with Gasteiger partial charge in [-0.3, -0.25) is 4.79 Å². The Morgan fingerprint density at radius 2 is 1.69 bits per heavy atom. The van der Waals surface area contributed by atoms with Gasteiger partial charge in [0, 0.05) is 32.1 Å². The van der Waals surface area contributed by atoms with Gasteiger partial charge in [0.2, 0.25) is 5.91 Å². The minimum absolute atomic E-state index is 0.0176. The number of benzene rings is 1. The lowest BCUT2D eigenvalue weighted by Gasteiger charge is -2.46. The van der Waals surface area contributed by atoms with Crippen molar-refractivity contribution in [3.05, 3.63) is 29.8 Å². The number of piperidine rings is 1. The first-order valence-corrected chi connectivity index (χ1v) is 11.0. The Kier molecular flexibility index (Phi) is 4.16. The van der Waals surface area contributed by atoms with E-state index in [-0.39, 0.29) is 36.6 Å². The van der Waals surface area contributed by atoms with Crippen molar-refractivity contribution in [3.8, 4) is 0 Å². The first kappa shape index (κ1) is 20.2. The minimum Gasteiger partial charge on any atom is -0.366 e. The number of ether oxygens (including phenoxy) is 1. The summed E-state index contributed by atoms with van der Waals surface area (Å²) in [4.78, 5) is 25.3. The van der Waals surface area contributed by atoms with E-state index in [4.69, 9.17) is 4.74 Å². The van der Waals surface area contributed by atoms with Crippen LogP contribution in [0.2, 0.25) is 0 Å². The van der Waals surface area contributed by atoms with Gasteiger partial charge in [-0.1, -0.05) is 31.6 Å². The number of hydrogen-bond donors (Lipinski definition) is 1. The lowest BCUT2D eigenvalue weighted by atomic mass is 9.91. The molecule has 0 saturated carbocycles. The van der Waals surface area contributed by atoms with E-state index < -0.39 is 15.1 Å². The number of morpholine rings is 1. The lowest BCUT2D eigenvalue weighted by molar-refractivity contribution is -0.139. The number of rotatable bonds is 2. The third kappa shape index (κ3) is 4.13. The van der Waals surface area contributed by atoms with Crippen LogP contribution >= 0.6 is 10.2 Å². The molecule has 0 spiro atoms. The molecule has 3 saturated heterocycles. The minimum atomic E-state index is -9.68. The zero-order valence-corrected chi connectivity index (χ0v) is 16.0. The van der Waals surface area contributed by atoms with Crippen LogP contribution in [0.1, 0.15) is 17.9 Å². The van der Waals surface area contributed by atoms with Gasteiger partial charge in [-0.2, -0.15) is 0 Å². The average Bonchev–Trinajstić information content (AvgIpc) is 2.58. The maximum Gasteiger partial charge on any atom is 0.320 e. The predicted molar refractivity (Wildman–Crippen MR) is 95.4 cm³/mol. The fraction of sp³-hybridized carbons (Fsp3) is 0.529. The molecule has 2 atom stereocenters. The summed E-state index contributed by atoms with van der Waals surface area (Å²) in [6.07, 6.45) is 0.484. The molecule has 1 aromatic carbocycles. The smallest absolute Gasteiger partial charge is 0.320 e. The number of urea groups is 1. The van der Waals surface area contributed by atoms with Crippen LogP contribution in [0.5, 0.6) is 0 Å². The van der Waals surface area contributed by atoms with Crippen molar-refractivity contribution in [2.24, 2.45) is 0 Å². The molecule has 0 unspecified atom stereocenters. The molecule has 4 rings (SSSR count). The Hall–Kier alpha value is -2.08. The van der Waals surface area contributed by atoms with E-state index in [0.717, 1.165) is 12.1 Å². The van der Waals surface area contributed by atoms with Crippen LogP contribution in [0.3, 0.4) is 0 Å². The molecule has 162 valence electrons. The zero-order valence-electron chi connectivity index (χ0n) is 15.2. The van der Waals surface area contributed by atoms with Crippen molar-refractivity contribution in [3.63, 3.8) is 0 Å². The molecule has 12 heteroatoms. The Balaban J connectivity index is 1.34. The highest BCUT2D eigenvalue weighted by atomic mass is 32.5. The molecule has 0 radical (unpaired) electrons. The molecular weight excluding hydrogens is 421 g/mol. The van der Waals surface area contributed by atoms with Crippen molar-refractivity contribution in [2.75, 3.05) is 32.8 Å². The third-order valence-electron chi connectivity index (χ3n) is 5.54. The number of likely N-dealkylation sites (tertiary alicyclic amines) is 2. The number of amides is 3. The first-order chi connectivity index (χ1) is 13.3. The number of carbonyl (C=O) groups is 2. The molecule has 0 bridgehead atoms. The Morgan fingerprint density at radius 3 is 2.31 bits per heavy atom. The molecule has 3 fully saturated rings. The van der Waals surface area contributed by atoms with Crippen LogP contribution < -0.4 is 5.32 Å². The first-order valence-electron chi connectivity index (χ1n) is 9.09. The van der Waals surface area contributed by atoms with Gasteiger partial charge in [0.05, 0.1) is 12.1 Å². The summed E-state index contributed by atoms with van der Waals surface area (Å²) in [5.41, 5.74) is 0.478. The fourth-order valence-corrected chi connectivity index (χ4v) is 4.57. The summed E-state index contributed by atoms with van der Waals surface area (Å²) in [7, 11) is -9.68. The Bertz CT molecular complexity index is 843. The molecule has 29 heavy (non-hydrogen) atoms. The topological polar surface area (TPSA) is 61.9 Å². The Morgan fingerprint density at radius 1 is 1.03 bits per heavy atom. The van der Waals surface area contributed by atoms with E-state index in [1.54, 1.807) is 9.80 Å². The summed E-state index contributed by atoms with van der Waals surface area (Å²) < 4.78 is 69.4. The zero-order chi connectivity index (χ0) is 21.1. The van der Waals surface area contributed by atoms with E-state index in [1.807, 2.05) is 0 Å². The maximum absolute atomic E-state index is 12.8. The lowest BCUT2D eigenvalue weighted by Crippen LogP contribution is -2.63. The van der Waals surface area contributed by atoms with Crippen LogP contribution in [0.4, 0.5) is 24.2 Å². The van der Waals surface area contributed by atoms with Gasteiger partial charge < -0.3 is 19.9 Å². The highest BCUT2D eigenvalue weighted by Crippen LogP contribution is 3.02. The Labute approximate surface area is 163 Å². The standard InChI is InChI=1S/C17H20F5N3O3S/c18-29(19,20,21,22)13-3-1-11(2-4-13)12-7-25(8-12)17(27)24-6-5-15-14(9-24)23-16(26)10-28-15/h1-4,12,14-15H,5-10H2,(H,23,26)/t14-,15+/m1/s1. The number of carbonyl (C=O) groups excluding carboxylic acids is 2. The fourth-order valence-electron chi connectivity index (χ4n) is 3.92. The van der Waals surface area contributed by atoms with E-state index in [2.05, 4.69) is 5.32 Å². The number of hydrogen-bond acceptors (Lipinski definition) is 3. The van der Waals surface area contributed by atoms with Crippen LogP contribution in [-0.2, 0) is 9.53 Å². The molecule has 3 amide bonds. The normalized spacial score (nSPS) is 28.0. The molecule has 0 aliphatic carbocycles. The van der Waals surface area contributed by atoms with Gasteiger partial charge in [-0.15, -0.1) is 0 Å². The van der Waals surface area contributed by atoms with Gasteiger partial charge in [0.15, 0.2) is 0 Å². The summed E-state index contributed by atoms with van der Waals surface area (Å²) in [5, 5.41) is 2.81. The van der Waals surface area contributed by atoms with Crippen LogP contribution in [-0.4, -0.2) is 66.7 Å². The predicted octanol–water partition coefficient (Wildman–Crippen LogP) is 3.45. The third-order valence-corrected chi connectivity index (χ3v) is 6.71. The van der Waals surface area contributed by atoms with Crippen molar-refractivity contribution in [1.29, 1.82) is 0 Å². The second-order valence-electron chi connectivity index (χ2n) is 7.68. The van der Waals surface area contributed by atoms with E-state index in [1.165, 1.54) is 0 Å². The van der Waals surface area contributed by atoms with Crippen LogP contribution in [0, 0.1) is 0 Å². The van der Waals surface area contributed by atoms with E-state index in [9.17, 15) is 29.0 Å². The molecule has 3 aliphatic heterocycles. The monoisotopic (exact) mass is 441 g/mol. The molecule has 3 heterocycles. The van der Waals surface area contributed by atoms with Gasteiger partial charge in [-0.05, 0) is 24.1 Å². The average molecular weight is 441 g/mol. The van der Waals surface area contributed by atoms with Crippen molar-refractivity contribution < 1.29 is 33.8 Å². The molecule has 6 nitrogen and oxygen atoms in total. The second-order valence-corrected chi connectivity index (χ2v) is 10.1. The second kappa shape index (κ2) is 5.97. The summed E-state index contributed by atoms with van der Waals surface area (Å²) in [6, 6.07) is 2.41. The number of fused-ring (bicyclic) bond motifs is 1. The quantitative estimate of drug-likeness (QED) is 0.716. The van der Waals surface area contributed by atoms with Gasteiger partial charge >= 0.3 is 16.3 Å². The van der Waals surface area contributed by atoms with E-state index >= 15 is 0 Å². The van der Waals surface area contributed by atoms with Gasteiger partial charge in [0.25, 0.3) is 0 Å². The molecule has 1 aromatic rings. The SMILES string of the molecule is O=C1CO[C@H]2CCN(C(=O)N3CC(c4ccc(S(F)(F)(F)(F)F)cc4)C3)C[C@H]2N1. The number of nitrogens with zero attached hydrogens (tertiary/aromatic N) is 2. The highest BCUT2D eigenvalue weighted by molar-refractivity contribution is 8.45. The van der Waals surface area contributed by atoms with Crippen LogP contribution in [0.15, 0.2) is 29.2 Å². The van der Waals surface area contributed by atoms with E-state index in [0.29, 0.717) is 50.3 Å². The largest absolute Gasteiger partial charge is 0.366 e. The number of halogens is 5. The van der Waals surface area contributed by atoms with Gasteiger partial charge in [0.1, 0.15) is 11.5 Å². The van der Waals surface area contributed by atoms with Crippen molar-refractivity contribution in [2.45, 2.75) is 29.4 Å². The highest BCUT2D eigenvalue weighted by Gasteiger charge is 2.65. The molecule has 0 aromatic heterocycles. The molecule has 3 aliphatic rings. The van der Waals surface area contributed by atoms with Crippen LogP contribution in [0.25, 0.3) is 0 Å². The summed E-state index contributed by atoms with van der Waals surface area (Å²) in [6.45, 7) is 1.42. The van der Waals surface area contributed by atoms with Crippen molar-refractivity contribution >= 4 is 22.2 Å².